The molecule has 0 heterocycles. The van der Waals surface area contributed by atoms with E-state index in [1.54, 1.807) is 45.0 Å². The Balaban J connectivity index is 2.00. The van der Waals surface area contributed by atoms with Crippen molar-refractivity contribution in [2.24, 2.45) is 0 Å². The first-order valence-corrected chi connectivity index (χ1v) is 11.9. The molecule has 2 rings (SSSR count). The van der Waals surface area contributed by atoms with E-state index in [1.165, 1.54) is 0 Å². The van der Waals surface area contributed by atoms with Gasteiger partial charge in [-0.05, 0) is 38.3 Å². The number of amides is 2. The lowest BCUT2D eigenvalue weighted by atomic mass is 10.1. The zero-order valence-corrected chi connectivity index (χ0v) is 21.3. The van der Waals surface area contributed by atoms with Crippen molar-refractivity contribution in [1.82, 2.24) is 10.6 Å². The fourth-order valence-electron chi connectivity index (χ4n) is 3.07. The largest absolute Gasteiger partial charge is 0.461 e. The number of aliphatic hydroxyl groups excluding tert-OH is 1. The zero-order valence-electron chi connectivity index (χ0n) is 21.3. The number of alkyl carbamates (subject to hydrolysis) is 1. The van der Waals surface area contributed by atoms with Crippen molar-refractivity contribution in [3.63, 3.8) is 0 Å². The van der Waals surface area contributed by atoms with Crippen LogP contribution in [0.2, 0.25) is 0 Å². The summed E-state index contributed by atoms with van der Waals surface area (Å²) in [6.07, 6.45) is -1.20. The number of hydrogen-bond donors (Lipinski definition) is 3. The van der Waals surface area contributed by atoms with Crippen LogP contribution in [0.4, 0.5) is 4.79 Å². The van der Waals surface area contributed by atoms with Crippen LogP contribution in [0.5, 0.6) is 0 Å². The minimum Gasteiger partial charge on any atom is -0.461 e. The lowest BCUT2D eigenvalue weighted by Crippen LogP contribution is -2.54. The number of rotatable bonds is 12. The molecule has 0 aromatic heterocycles. The minimum atomic E-state index is -1.38. The van der Waals surface area contributed by atoms with Crippen molar-refractivity contribution >= 4 is 23.9 Å². The second-order valence-corrected chi connectivity index (χ2v) is 9.22. The van der Waals surface area contributed by atoms with E-state index >= 15 is 0 Å². The van der Waals surface area contributed by atoms with E-state index in [-0.39, 0.29) is 26.1 Å². The fourth-order valence-corrected chi connectivity index (χ4v) is 3.07. The highest BCUT2D eigenvalue weighted by atomic mass is 16.6. The fraction of sp³-hybridized carbons (Fsp3) is 0.407. The Morgan fingerprint density at radius 2 is 1.35 bits per heavy atom. The van der Waals surface area contributed by atoms with Crippen molar-refractivity contribution in [3.05, 3.63) is 71.8 Å². The van der Waals surface area contributed by atoms with Crippen LogP contribution in [-0.4, -0.2) is 53.3 Å². The van der Waals surface area contributed by atoms with Gasteiger partial charge in [-0.3, -0.25) is 9.59 Å². The van der Waals surface area contributed by atoms with Gasteiger partial charge < -0.3 is 30.0 Å². The molecule has 10 nitrogen and oxygen atoms in total. The summed E-state index contributed by atoms with van der Waals surface area (Å²) in [7, 11) is 0. The van der Waals surface area contributed by atoms with Crippen molar-refractivity contribution in [1.29, 1.82) is 0 Å². The van der Waals surface area contributed by atoms with Gasteiger partial charge in [0.15, 0.2) is 0 Å². The Kier molecular flexibility index (Phi) is 11.6. The van der Waals surface area contributed by atoms with Gasteiger partial charge in [0.2, 0.25) is 5.91 Å². The molecule has 0 spiro atoms. The van der Waals surface area contributed by atoms with Gasteiger partial charge in [-0.15, -0.1) is 0 Å². The molecule has 0 saturated heterocycles. The first-order valence-electron chi connectivity index (χ1n) is 11.9. The number of benzene rings is 2. The first-order chi connectivity index (χ1) is 17.6. The third-order valence-corrected chi connectivity index (χ3v) is 4.89. The molecule has 2 aromatic rings. The van der Waals surface area contributed by atoms with Crippen LogP contribution in [0.3, 0.4) is 0 Å². The molecule has 2 amide bonds. The maximum atomic E-state index is 12.8. The Bertz CT molecular complexity index is 1020. The summed E-state index contributed by atoms with van der Waals surface area (Å²) < 4.78 is 15.7. The lowest BCUT2D eigenvalue weighted by Gasteiger charge is -2.24. The Labute approximate surface area is 216 Å². The molecule has 0 aliphatic rings. The standard InChI is InChI=1S/C27H34N2O8/c1-27(2,3)37-26(34)29-22(16-30)24(32)28-21(25(33)36-18-20-12-8-5-9-13-20)14-15-23(31)35-17-19-10-6-4-7-11-19/h4-13,21-22,30H,14-18H2,1-3H3,(H,28,32)(H,29,34)/t21-,22-/m0/s1. The van der Waals surface area contributed by atoms with Gasteiger partial charge in [0.05, 0.1) is 6.61 Å². The molecule has 0 radical (unpaired) electrons. The van der Waals surface area contributed by atoms with Crippen LogP contribution in [0.15, 0.2) is 60.7 Å². The van der Waals surface area contributed by atoms with Gasteiger partial charge in [0.1, 0.15) is 30.9 Å². The average Bonchev–Trinajstić information content (AvgIpc) is 2.87. The normalized spacial score (nSPS) is 12.5. The third-order valence-electron chi connectivity index (χ3n) is 4.89. The van der Waals surface area contributed by atoms with E-state index in [0.717, 1.165) is 11.1 Å². The van der Waals surface area contributed by atoms with Gasteiger partial charge in [0.25, 0.3) is 0 Å². The number of aliphatic hydroxyl groups is 1. The number of hydrogen-bond acceptors (Lipinski definition) is 8. The Hall–Kier alpha value is -3.92. The molecule has 2 aromatic carbocycles. The molecule has 0 unspecified atom stereocenters. The summed E-state index contributed by atoms with van der Waals surface area (Å²) >= 11 is 0. The molecule has 37 heavy (non-hydrogen) atoms. The highest BCUT2D eigenvalue weighted by Crippen LogP contribution is 2.09. The van der Waals surface area contributed by atoms with Crippen LogP contribution < -0.4 is 10.6 Å². The highest BCUT2D eigenvalue weighted by molar-refractivity contribution is 5.90. The summed E-state index contributed by atoms with van der Waals surface area (Å²) in [5.41, 5.74) is 0.731. The molecule has 0 bridgehead atoms. The summed E-state index contributed by atoms with van der Waals surface area (Å²) in [4.78, 5) is 49.9. The monoisotopic (exact) mass is 514 g/mol. The zero-order chi connectivity index (χ0) is 27.3. The molecule has 0 saturated carbocycles. The predicted octanol–water partition coefficient (Wildman–Crippen LogP) is 2.62. The van der Waals surface area contributed by atoms with Crippen LogP contribution in [0.1, 0.15) is 44.7 Å². The predicted molar refractivity (Wildman–Crippen MR) is 134 cm³/mol. The van der Waals surface area contributed by atoms with E-state index < -0.39 is 48.2 Å². The molecule has 200 valence electrons. The van der Waals surface area contributed by atoms with Crippen LogP contribution >= 0.6 is 0 Å². The molecule has 0 fully saturated rings. The van der Waals surface area contributed by atoms with Crippen molar-refractivity contribution in [3.8, 4) is 0 Å². The van der Waals surface area contributed by atoms with E-state index in [9.17, 15) is 24.3 Å². The van der Waals surface area contributed by atoms with E-state index in [2.05, 4.69) is 10.6 Å². The number of nitrogens with one attached hydrogen (secondary N) is 2. The number of carbonyl (C=O) groups excluding carboxylic acids is 4. The van der Waals surface area contributed by atoms with Gasteiger partial charge in [0, 0.05) is 6.42 Å². The van der Waals surface area contributed by atoms with Gasteiger partial charge in [-0.25, -0.2) is 9.59 Å². The average molecular weight is 515 g/mol. The quantitative estimate of drug-likeness (QED) is 0.290. The third kappa shape index (κ3) is 11.6. The van der Waals surface area contributed by atoms with Gasteiger partial charge in [-0.1, -0.05) is 60.7 Å². The lowest BCUT2D eigenvalue weighted by molar-refractivity contribution is -0.150. The molecule has 0 aliphatic carbocycles. The van der Waals surface area contributed by atoms with Crippen LogP contribution in [0.25, 0.3) is 0 Å². The second kappa shape index (κ2) is 14.6. The van der Waals surface area contributed by atoms with Gasteiger partial charge >= 0.3 is 18.0 Å². The van der Waals surface area contributed by atoms with Crippen molar-refractivity contribution in [2.75, 3.05) is 6.61 Å². The SMILES string of the molecule is CC(C)(C)OC(=O)N[C@@H](CO)C(=O)N[C@@H](CCC(=O)OCc1ccccc1)C(=O)OCc1ccccc1. The van der Waals surface area contributed by atoms with Crippen LogP contribution in [0, 0.1) is 0 Å². The highest BCUT2D eigenvalue weighted by Gasteiger charge is 2.29. The number of esters is 2. The second-order valence-electron chi connectivity index (χ2n) is 9.22. The summed E-state index contributed by atoms with van der Waals surface area (Å²) in [6, 6.07) is 15.4. The Morgan fingerprint density at radius 3 is 1.86 bits per heavy atom. The van der Waals surface area contributed by atoms with Gasteiger partial charge in [-0.2, -0.15) is 0 Å². The molecular formula is C27H34N2O8. The summed E-state index contributed by atoms with van der Waals surface area (Å²) in [5.74, 6) is -2.18. The number of carbonyl (C=O) groups is 4. The molecule has 10 heteroatoms. The molecule has 3 N–H and O–H groups in total. The maximum absolute atomic E-state index is 12.8. The van der Waals surface area contributed by atoms with E-state index in [4.69, 9.17) is 14.2 Å². The smallest absolute Gasteiger partial charge is 0.408 e. The van der Waals surface area contributed by atoms with E-state index in [0.29, 0.717) is 0 Å². The molecule has 2 atom stereocenters. The van der Waals surface area contributed by atoms with E-state index in [1.807, 2.05) is 36.4 Å². The summed E-state index contributed by atoms with van der Waals surface area (Å²) in [5, 5.41) is 14.3. The first kappa shape index (κ1) is 29.3. The summed E-state index contributed by atoms with van der Waals surface area (Å²) in [6.45, 7) is 4.24. The Morgan fingerprint density at radius 1 is 0.811 bits per heavy atom. The van der Waals surface area contributed by atoms with Crippen LogP contribution in [-0.2, 0) is 41.8 Å². The topological polar surface area (TPSA) is 140 Å². The molecular weight excluding hydrogens is 480 g/mol. The minimum absolute atomic E-state index is 0.0376. The number of ether oxygens (including phenoxy) is 3. The maximum Gasteiger partial charge on any atom is 0.408 e. The molecule has 0 aliphatic heterocycles. The van der Waals surface area contributed by atoms with Crippen molar-refractivity contribution in [2.45, 2.75) is 64.5 Å². The van der Waals surface area contributed by atoms with Crippen molar-refractivity contribution < 1.29 is 38.5 Å².